The maximum Gasteiger partial charge on any atom is 0.303 e. The second-order valence-electron chi connectivity index (χ2n) is 14.1. The second-order valence-corrected chi connectivity index (χ2v) is 14.1. The van der Waals surface area contributed by atoms with Gasteiger partial charge in [-0.2, -0.15) is 0 Å². The molecule has 41 heavy (non-hydrogen) atoms. The van der Waals surface area contributed by atoms with Gasteiger partial charge in [-0.25, -0.2) is 0 Å². The van der Waals surface area contributed by atoms with E-state index in [0.717, 1.165) is 56.3 Å². The van der Waals surface area contributed by atoms with Gasteiger partial charge < -0.3 is 19.5 Å². The van der Waals surface area contributed by atoms with Gasteiger partial charge in [-0.3, -0.25) is 15.4 Å². The lowest BCUT2D eigenvalue weighted by Crippen LogP contribution is -2.68. The molecule has 5 fully saturated rings. The molecular weight excluding hydrogens is 514 g/mol. The first-order valence-corrected chi connectivity index (χ1v) is 16.7. The van der Waals surface area contributed by atoms with Gasteiger partial charge in [0.15, 0.2) is 0 Å². The van der Waals surface area contributed by atoms with Crippen LogP contribution in [-0.4, -0.2) is 72.7 Å². The predicted molar refractivity (Wildman–Crippen MR) is 161 cm³/mol. The Morgan fingerprint density at radius 2 is 1.61 bits per heavy atom. The Morgan fingerprint density at radius 1 is 0.878 bits per heavy atom. The third kappa shape index (κ3) is 7.35. The van der Waals surface area contributed by atoms with Crippen molar-refractivity contribution < 1.29 is 19.4 Å². The van der Waals surface area contributed by atoms with E-state index in [2.05, 4.69) is 53.6 Å². The Labute approximate surface area is 247 Å². The number of benzene rings is 1. The highest BCUT2D eigenvalue weighted by Crippen LogP contribution is 2.47. The number of likely N-dealkylation sites (tertiary alicyclic amines) is 1. The van der Waals surface area contributed by atoms with E-state index in [0.29, 0.717) is 36.7 Å². The number of fused-ring (bicyclic) bond motifs is 3. The van der Waals surface area contributed by atoms with E-state index in [4.69, 9.17) is 14.6 Å². The Morgan fingerprint density at radius 3 is 2.37 bits per heavy atom. The summed E-state index contributed by atoms with van der Waals surface area (Å²) in [6.45, 7) is 9.34. The van der Waals surface area contributed by atoms with E-state index >= 15 is 0 Å². The van der Waals surface area contributed by atoms with E-state index in [-0.39, 0.29) is 6.10 Å². The molecule has 3 N–H and O–H groups in total. The third-order valence-corrected chi connectivity index (χ3v) is 11.3. The molecule has 2 aliphatic heterocycles. The number of nitrogens with zero attached hydrogens (tertiary/aromatic N) is 1. The van der Waals surface area contributed by atoms with Crippen LogP contribution in [0.1, 0.15) is 82.3 Å². The summed E-state index contributed by atoms with van der Waals surface area (Å²) in [6.07, 6.45) is 12.2. The smallest absolute Gasteiger partial charge is 0.303 e. The molecule has 3 saturated carbocycles. The number of carboxylic acids is 1. The molecule has 7 atom stereocenters. The summed E-state index contributed by atoms with van der Waals surface area (Å²) >= 11 is 0. The first kappa shape index (κ1) is 29.6. The minimum absolute atomic E-state index is 0.277. The molecule has 228 valence electrons. The van der Waals surface area contributed by atoms with Crippen LogP contribution in [-0.2, 0) is 20.9 Å². The fraction of sp³-hybridized carbons (Fsp3) is 0.794. The summed E-state index contributed by atoms with van der Waals surface area (Å²) < 4.78 is 12.5. The summed E-state index contributed by atoms with van der Waals surface area (Å²) in [5.74, 6) is 2.73. The van der Waals surface area contributed by atoms with E-state index < -0.39 is 5.97 Å². The monoisotopic (exact) mass is 567 g/mol. The zero-order valence-electron chi connectivity index (χ0n) is 25.3. The van der Waals surface area contributed by atoms with Crippen molar-refractivity contribution >= 4 is 5.97 Å². The van der Waals surface area contributed by atoms with Crippen LogP contribution in [0, 0.1) is 36.5 Å². The van der Waals surface area contributed by atoms with Gasteiger partial charge in [0, 0.05) is 25.0 Å². The average Bonchev–Trinajstić information content (AvgIpc) is 2.95. The lowest BCUT2D eigenvalue weighted by atomic mass is 9.60. The molecule has 7 unspecified atom stereocenters. The fourth-order valence-corrected chi connectivity index (χ4v) is 9.00. The number of hydrogen-bond donors (Lipinski definition) is 3. The molecule has 0 spiro atoms. The number of hydrogen-bond acceptors (Lipinski definition) is 6. The highest BCUT2D eigenvalue weighted by molar-refractivity contribution is 5.67. The average molecular weight is 568 g/mol. The number of aryl methyl sites for hydroxylation is 1. The molecule has 1 aromatic carbocycles. The summed E-state index contributed by atoms with van der Waals surface area (Å²) in [5, 5.41) is 17.0. The molecule has 5 aliphatic rings. The largest absolute Gasteiger partial charge is 0.481 e. The SMILES string of the molecule is Cc1ccc(COC2CCC3C(CCC4C(C5CCN(CCO[C@H]6C[C@@H](CC(=O)O)C6)CC5)NC(C)NC34)C2)cc1. The Kier molecular flexibility index (Phi) is 9.67. The molecule has 0 amide bonds. The van der Waals surface area contributed by atoms with Crippen LogP contribution < -0.4 is 10.6 Å². The van der Waals surface area contributed by atoms with Crippen LogP contribution in [0.2, 0.25) is 0 Å². The summed E-state index contributed by atoms with van der Waals surface area (Å²) in [7, 11) is 0. The second kappa shape index (κ2) is 13.4. The lowest BCUT2D eigenvalue weighted by Gasteiger charge is -2.55. The minimum Gasteiger partial charge on any atom is -0.481 e. The molecule has 3 aliphatic carbocycles. The van der Waals surface area contributed by atoms with Crippen molar-refractivity contribution in [3.63, 3.8) is 0 Å². The van der Waals surface area contributed by atoms with Crippen molar-refractivity contribution in [1.82, 2.24) is 15.5 Å². The van der Waals surface area contributed by atoms with Crippen molar-refractivity contribution in [3.8, 4) is 0 Å². The summed E-state index contributed by atoms with van der Waals surface area (Å²) in [6, 6.07) is 10.1. The van der Waals surface area contributed by atoms with Crippen LogP contribution in [0.5, 0.6) is 0 Å². The molecular formula is C34H53N3O4. The topological polar surface area (TPSA) is 83.1 Å². The molecule has 7 nitrogen and oxygen atoms in total. The van der Waals surface area contributed by atoms with Crippen molar-refractivity contribution in [1.29, 1.82) is 0 Å². The minimum atomic E-state index is -0.681. The van der Waals surface area contributed by atoms with Gasteiger partial charge >= 0.3 is 5.97 Å². The normalized spacial score (nSPS) is 38.0. The predicted octanol–water partition coefficient (Wildman–Crippen LogP) is 4.96. The van der Waals surface area contributed by atoms with E-state index in [1.807, 2.05) is 0 Å². The highest BCUT2D eigenvalue weighted by Gasteiger charge is 2.49. The molecule has 1 aromatic rings. The lowest BCUT2D eigenvalue weighted by molar-refractivity contribution is -0.140. The van der Waals surface area contributed by atoms with Gasteiger partial charge in [-0.15, -0.1) is 0 Å². The van der Waals surface area contributed by atoms with Gasteiger partial charge in [0.1, 0.15) is 0 Å². The van der Waals surface area contributed by atoms with E-state index in [9.17, 15) is 4.79 Å². The number of nitrogens with one attached hydrogen (secondary N) is 2. The maximum atomic E-state index is 10.9. The molecule has 2 saturated heterocycles. The van der Waals surface area contributed by atoms with Crippen molar-refractivity contribution in [2.45, 2.75) is 115 Å². The standard InChI is InChI=1S/C34H53N3O4/c1-22-3-5-24(6-4-22)21-41-28-8-10-30-27(20-28)7-9-31-33(35-23(2)36-34(30)31)26-11-13-37(14-12-26)15-16-40-29-17-25(18-29)19-32(38)39/h3-6,23,25-31,33-36H,7-21H2,1-2H3,(H,38,39)/t23?,25-,27?,28?,29+,30?,31?,33?,34?. The first-order chi connectivity index (χ1) is 19.9. The highest BCUT2D eigenvalue weighted by atomic mass is 16.5. The van der Waals surface area contributed by atoms with Crippen LogP contribution in [0.25, 0.3) is 0 Å². The van der Waals surface area contributed by atoms with E-state index in [1.165, 1.54) is 69.2 Å². The van der Waals surface area contributed by atoms with E-state index in [1.54, 1.807) is 0 Å². The van der Waals surface area contributed by atoms with Crippen LogP contribution in [0.4, 0.5) is 0 Å². The van der Waals surface area contributed by atoms with Crippen LogP contribution in [0.3, 0.4) is 0 Å². The van der Waals surface area contributed by atoms with Gasteiger partial charge in [0.25, 0.3) is 0 Å². The summed E-state index contributed by atoms with van der Waals surface area (Å²) in [4.78, 5) is 13.4. The maximum absolute atomic E-state index is 10.9. The zero-order valence-corrected chi connectivity index (χ0v) is 25.3. The Hall–Kier alpha value is -1.51. The number of piperidine rings is 1. The molecule has 0 radical (unpaired) electrons. The third-order valence-electron chi connectivity index (χ3n) is 11.3. The van der Waals surface area contributed by atoms with Crippen molar-refractivity contribution in [2.75, 3.05) is 26.2 Å². The van der Waals surface area contributed by atoms with Crippen molar-refractivity contribution in [3.05, 3.63) is 35.4 Å². The van der Waals surface area contributed by atoms with Gasteiger partial charge in [0.2, 0.25) is 0 Å². The number of rotatable bonds is 10. The number of aliphatic carboxylic acids is 1. The quantitative estimate of drug-likeness (QED) is 0.369. The van der Waals surface area contributed by atoms with Gasteiger partial charge in [-0.1, -0.05) is 29.8 Å². The van der Waals surface area contributed by atoms with Crippen LogP contribution >= 0.6 is 0 Å². The molecule has 0 aromatic heterocycles. The van der Waals surface area contributed by atoms with Crippen LogP contribution in [0.15, 0.2) is 24.3 Å². The van der Waals surface area contributed by atoms with Gasteiger partial charge in [0.05, 0.1) is 31.6 Å². The number of carbonyl (C=O) groups is 1. The van der Waals surface area contributed by atoms with Crippen molar-refractivity contribution in [2.24, 2.45) is 29.6 Å². The molecule has 2 heterocycles. The van der Waals surface area contributed by atoms with Gasteiger partial charge in [-0.05, 0) is 120 Å². The Balaban J connectivity index is 0.940. The molecule has 6 rings (SSSR count). The zero-order chi connectivity index (χ0) is 28.3. The number of ether oxygens (including phenoxy) is 2. The summed E-state index contributed by atoms with van der Waals surface area (Å²) in [5.41, 5.74) is 2.60. The first-order valence-electron chi connectivity index (χ1n) is 16.7. The molecule has 0 bridgehead atoms. The Bertz CT molecular complexity index is 990. The molecule has 7 heteroatoms. The number of carboxylic acid groups (broad SMARTS) is 1. The fourth-order valence-electron chi connectivity index (χ4n) is 9.00.